The molecule has 0 atom stereocenters. The normalized spacial score (nSPS) is 14.9. The topological polar surface area (TPSA) is 70.4 Å². The molecule has 0 unspecified atom stereocenters. The van der Waals surface area contributed by atoms with Crippen molar-refractivity contribution in [3.63, 3.8) is 0 Å². The van der Waals surface area contributed by atoms with Crippen molar-refractivity contribution < 1.29 is 5.11 Å². The zero-order valence-electron chi connectivity index (χ0n) is 13.4. The largest absolute Gasteiger partial charge is 0.494 e. The quantitative estimate of drug-likeness (QED) is 0.838. The number of H-pyrrole nitrogens is 1. The molecule has 1 aliphatic heterocycles. The SMILES string of the molecule is CC(C)c1ccc(-n2c(O)c(/C=C3\C=CC=N3)c(=O)[nH]c2=S)cc1. The summed E-state index contributed by atoms with van der Waals surface area (Å²) < 4.78 is 1.58. The summed E-state index contributed by atoms with van der Waals surface area (Å²) in [5, 5.41) is 10.6. The van der Waals surface area contributed by atoms with Gasteiger partial charge in [0.1, 0.15) is 5.56 Å². The third-order valence-electron chi connectivity index (χ3n) is 3.81. The van der Waals surface area contributed by atoms with Crippen molar-refractivity contribution in [3.05, 3.63) is 68.4 Å². The smallest absolute Gasteiger partial charge is 0.262 e. The van der Waals surface area contributed by atoms with Crippen LogP contribution in [-0.2, 0) is 0 Å². The lowest BCUT2D eigenvalue weighted by atomic mass is 10.0. The third kappa shape index (κ3) is 3.00. The van der Waals surface area contributed by atoms with Crippen molar-refractivity contribution in [3.8, 4) is 11.6 Å². The van der Waals surface area contributed by atoms with Crippen LogP contribution in [-0.4, -0.2) is 20.9 Å². The fraction of sp³-hybridized carbons (Fsp3) is 0.167. The Bertz CT molecular complexity index is 963. The van der Waals surface area contributed by atoms with Gasteiger partial charge in [-0.05, 0) is 54.1 Å². The molecule has 6 heteroatoms. The van der Waals surface area contributed by atoms with Crippen molar-refractivity contribution in [2.45, 2.75) is 19.8 Å². The van der Waals surface area contributed by atoms with Gasteiger partial charge in [-0.1, -0.05) is 26.0 Å². The van der Waals surface area contributed by atoms with Crippen LogP contribution >= 0.6 is 12.2 Å². The minimum absolute atomic E-state index is 0.121. The summed E-state index contributed by atoms with van der Waals surface area (Å²) in [6.45, 7) is 4.22. The van der Waals surface area contributed by atoms with E-state index >= 15 is 0 Å². The second kappa shape index (κ2) is 6.41. The van der Waals surface area contributed by atoms with Gasteiger partial charge in [0.25, 0.3) is 5.56 Å². The maximum atomic E-state index is 12.2. The van der Waals surface area contributed by atoms with E-state index in [9.17, 15) is 9.90 Å². The Hall–Kier alpha value is -2.73. The second-order valence-electron chi connectivity index (χ2n) is 5.78. The van der Waals surface area contributed by atoms with Crippen LogP contribution in [0.1, 0.15) is 30.9 Å². The molecule has 122 valence electrons. The zero-order chi connectivity index (χ0) is 17.3. The molecule has 0 saturated carbocycles. The Morgan fingerprint density at radius 1 is 1.29 bits per heavy atom. The van der Waals surface area contributed by atoms with E-state index in [0.717, 1.165) is 0 Å². The van der Waals surface area contributed by atoms with Gasteiger partial charge in [0.2, 0.25) is 5.88 Å². The summed E-state index contributed by atoms with van der Waals surface area (Å²) in [6.07, 6.45) is 6.67. The van der Waals surface area contributed by atoms with E-state index in [-0.39, 0.29) is 16.2 Å². The van der Waals surface area contributed by atoms with Crippen molar-refractivity contribution in [2.75, 3.05) is 0 Å². The van der Waals surface area contributed by atoms with Gasteiger partial charge in [-0.25, -0.2) is 0 Å². The highest BCUT2D eigenvalue weighted by molar-refractivity contribution is 7.71. The number of rotatable bonds is 3. The van der Waals surface area contributed by atoms with E-state index in [2.05, 4.69) is 23.8 Å². The summed E-state index contributed by atoms with van der Waals surface area (Å²) in [5.74, 6) is 0.201. The first-order chi connectivity index (χ1) is 11.5. The van der Waals surface area contributed by atoms with Crippen LogP contribution in [0, 0.1) is 4.77 Å². The first-order valence-corrected chi connectivity index (χ1v) is 7.99. The molecule has 0 radical (unpaired) electrons. The van der Waals surface area contributed by atoms with Gasteiger partial charge in [0.15, 0.2) is 4.77 Å². The number of nitrogens with zero attached hydrogens (tertiary/aromatic N) is 2. The molecule has 0 saturated heterocycles. The third-order valence-corrected chi connectivity index (χ3v) is 4.09. The average molecular weight is 339 g/mol. The number of allylic oxidation sites excluding steroid dienone is 2. The fourth-order valence-electron chi connectivity index (χ4n) is 2.46. The number of aliphatic imine (C=N–C) groups is 1. The first kappa shape index (κ1) is 16.1. The van der Waals surface area contributed by atoms with E-state index < -0.39 is 5.56 Å². The molecule has 1 aromatic heterocycles. The van der Waals surface area contributed by atoms with Crippen molar-refractivity contribution in [1.82, 2.24) is 9.55 Å². The van der Waals surface area contributed by atoms with Gasteiger partial charge in [-0.3, -0.25) is 19.3 Å². The molecule has 5 nitrogen and oxygen atoms in total. The van der Waals surface area contributed by atoms with Gasteiger partial charge in [-0.15, -0.1) is 0 Å². The lowest BCUT2D eigenvalue weighted by molar-refractivity contribution is 0.432. The minimum Gasteiger partial charge on any atom is -0.494 e. The van der Waals surface area contributed by atoms with E-state index in [1.807, 2.05) is 24.3 Å². The number of benzene rings is 1. The molecule has 0 spiro atoms. The van der Waals surface area contributed by atoms with Crippen LogP contribution in [0.2, 0.25) is 0 Å². The summed E-state index contributed by atoms with van der Waals surface area (Å²) in [7, 11) is 0. The molecule has 2 N–H and O–H groups in total. The Morgan fingerprint density at radius 3 is 2.58 bits per heavy atom. The van der Waals surface area contributed by atoms with E-state index in [1.165, 1.54) is 16.2 Å². The molecule has 0 amide bonds. The highest BCUT2D eigenvalue weighted by Gasteiger charge is 2.13. The number of aromatic hydroxyl groups is 1. The van der Waals surface area contributed by atoms with Gasteiger partial charge >= 0.3 is 0 Å². The van der Waals surface area contributed by atoms with Crippen LogP contribution < -0.4 is 5.56 Å². The first-order valence-electron chi connectivity index (χ1n) is 7.58. The average Bonchev–Trinajstić information content (AvgIpc) is 3.05. The van der Waals surface area contributed by atoms with E-state index in [1.54, 1.807) is 18.4 Å². The van der Waals surface area contributed by atoms with Gasteiger partial charge in [0, 0.05) is 6.21 Å². The highest BCUT2D eigenvalue weighted by Crippen LogP contribution is 2.24. The van der Waals surface area contributed by atoms with Crippen LogP contribution in [0.5, 0.6) is 5.88 Å². The molecule has 1 aromatic carbocycles. The summed E-state index contributed by atoms with van der Waals surface area (Å²) >= 11 is 5.22. The molecule has 0 aliphatic carbocycles. The standard InChI is InChI=1S/C18H17N3O2S/c1-11(2)12-5-7-14(8-6-12)21-17(23)15(16(22)20-18(21)24)10-13-4-3-9-19-13/h3-11,23H,1-2H3,(H,20,22,24)/b13-10+. The molecular weight excluding hydrogens is 322 g/mol. The summed E-state index contributed by atoms with van der Waals surface area (Å²) in [6, 6.07) is 7.70. The second-order valence-corrected chi connectivity index (χ2v) is 6.17. The maximum Gasteiger partial charge on any atom is 0.262 e. The molecular formula is C18H17N3O2S. The summed E-state index contributed by atoms with van der Waals surface area (Å²) in [5.41, 5.74) is 2.13. The lowest BCUT2D eigenvalue weighted by Gasteiger charge is -2.13. The number of hydrogen-bond acceptors (Lipinski definition) is 4. The summed E-state index contributed by atoms with van der Waals surface area (Å²) in [4.78, 5) is 18.9. The molecule has 0 bridgehead atoms. The van der Waals surface area contributed by atoms with Gasteiger partial charge in [-0.2, -0.15) is 0 Å². The van der Waals surface area contributed by atoms with Gasteiger partial charge in [0.05, 0.1) is 11.4 Å². The fourth-order valence-corrected chi connectivity index (χ4v) is 2.75. The number of nitrogens with one attached hydrogen (secondary N) is 1. The maximum absolute atomic E-state index is 12.2. The lowest BCUT2D eigenvalue weighted by Crippen LogP contribution is -2.16. The molecule has 24 heavy (non-hydrogen) atoms. The number of aromatic amines is 1. The molecule has 3 rings (SSSR count). The Balaban J connectivity index is 2.16. The van der Waals surface area contributed by atoms with Crippen molar-refractivity contribution in [2.24, 2.45) is 4.99 Å². The van der Waals surface area contributed by atoms with Crippen molar-refractivity contribution in [1.29, 1.82) is 0 Å². The van der Waals surface area contributed by atoms with E-state index in [0.29, 0.717) is 17.3 Å². The minimum atomic E-state index is -0.449. The number of hydrogen-bond donors (Lipinski definition) is 2. The zero-order valence-corrected chi connectivity index (χ0v) is 14.2. The molecule has 1 aliphatic rings. The predicted molar refractivity (Wildman–Crippen MR) is 98.6 cm³/mol. The van der Waals surface area contributed by atoms with Crippen LogP contribution in [0.25, 0.3) is 11.8 Å². The Kier molecular flexibility index (Phi) is 4.31. The van der Waals surface area contributed by atoms with Crippen molar-refractivity contribution >= 4 is 24.5 Å². The molecule has 2 heterocycles. The molecule has 2 aromatic rings. The highest BCUT2D eigenvalue weighted by atomic mass is 32.1. The molecule has 0 fully saturated rings. The monoisotopic (exact) mass is 339 g/mol. The van der Waals surface area contributed by atoms with Crippen LogP contribution in [0.3, 0.4) is 0 Å². The Labute approximate surface area is 144 Å². The number of aromatic nitrogens is 2. The van der Waals surface area contributed by atoms with Crippen LogP contribution in [0.4, 0.5) is 0 Å². The van der Waals surface area contributed by atoms with E-state index in [4.69, 9.17) is 12.2 Å². The van der Waals surface area contributed by atoms with Crippen LogP contribution in [0.15, 0.2) is 51.9 Å². The predicted octanol–water partition coefficient (Wildman–Crippen LogP) is 3.71. The Morgan fingerprint density at radius 2 is 2.00 bits per heavy atom. The van der Waals surface area contributed by atoms with Gasteiger partial charge < -0.3 is 5.11 Å².